The molecular weight excluding hydrogens is 358 g/mol. The van der Waals surface area contributed by atoms with E-state index in [-0.39, 0.29) is 11.5 Å². The van der Waals surface area contributed by atoms with Crippen molar-refractivity contribution >= 4 is 11.5 Å². The van der Waals surface area contributed by atoms with Crippen LogP contribution in [0.1, 0.15) is 32.4 Å². The summed E-state index contributed by atoms with van der Waals surface area (Å²) in [5.74, 6) is 0.776. The van der Waals surface area contributed by atoms with Crippen molar-refractivity contribution in [2.45, 2.75) is 39.8 Å². The summed E-state index contributed by atoms with van der Waals surface area (Å²) in [6.07, 6.45) is 1.71. The number of anilines is 2. The van der Waals surface area contributed by atoms with E-state index in [1.165, 1.54) is 4.57 Å². The number of H-pyrrole nitrogens is 1. The van der Waals surface area contributed by atoms with Crippen LogP contribution in [0.25, 0.3) is 11.3 Å². The second-order valence-electron chi connectivity index (χ2n) is 6.56. The number of benzene rings is 1. The van der Waals surface area contributed by atoms with Crippen molar-refractivity contribution in [1.29, 1.82) is 0 Å². The summed E-state index contributed by atoms with van der Waals surface area (Å²) >= 11 is 0. The molecule has 0 aliphatic carbocycles. The first-order valence-electron chi connectivity index (χ1n) is 9.43. The Labute approximate surface area is 162 Å². The van der Waals surface area contributed by atoms with E-state index in [1.54, 1.807) is 4.90 Å². The zero-order valence-corrected chi connectivity index (χ0v) is 16.1. The van der Waals surface area contributed by atoms with Crippen LogP contribution in [0.2, 0.25) is 0 Å². The highest BCUT2D eigenvalue weighted by Gasteiger charge is 2.19. The maximum Gasteiger partial charge on any atom is 0.330 e. The number of hydrogen-bond acceptors (Lipinski definition) is 6. The predicted molar refractivity (Wildman–Crippen MR) is 109 cm³/mol. The SMILES string of the molecule is CCCCn1c(N)c(N(CC)Cc2cc(-c3ccccc3)no2)c(=O)[nH]c1=O. The molecule has 0 bridgehead atoms. The first-order chi connectivity index (χ1) is 13.5. The van der Waals surface area contributed by atoms with Crippen LogP contribution in [0.4, 0.5) is 11.5 Å². The maximum atomic E-state index is 12.5. The molecule has 0 spiro atoms. The van der Waals surface area contributed by atoms with Gasteiger partial charge in [-0.2, -0.15) is 0 Å². The van der Waals surface area contributed by atoms with Crippen LogP contribution in [0, 0.1) is 0 Å². The second-order valence-corrected chi connectivity index (χ2v) is 6.56. The molecule has 0 atom stereocenters. The van der Waals surface area contributed by atoms with Gasteiger partial charge in [0.2, 0.25) is 0 Å². The summed E-state index contributed by atoms with van der Waals surface area (Å²) in [6.45, 7) is 5.23. The number of nitrogens with zero attached hydrogens (tertiary/aromatic N) is 3. The van der Waals surface area contributed by atoms with Gasteiger partial charge in [0.1, 0.15) is 17.2 Å². The minimum absolute atomic E-state index is 0.173. The molecule has 28 heavy (non-hydrogen) atoms. The lowest BCUT2D eigenvalue weighted by Crippen LogP contribution is -2.38. The quantitative estimate of drug-likeness (QED) is 0.619. The monoisotopic (exact) mass is 383 g/mol. The Bertz CT molecular complexity index is 1040. The van der Waals surface area contributed by atoms with Gasteiger partial charge in [-0.25, -0.2) is 4.79 Å². The van der Waals surface area contributed by atoms with E-state index in [9.17, 15) is 9.59 Å². The van der Waals surface area contributed by atoms with Crippen LogP contribution >= 0.6 is 0 Å². The topological polar surface area (TPSA) is 110 Å². The summed E-state index contributed by atoms with van der Waals surface area (Å²) in [6, 6.07) is 11.5. The predicted octanol–water partition coefficient (Wildman–Crippen LogP) is 2.60. The summed E-state index contributed by atoms with van der Waals surface area (Å²) in [7, 11) is 0. The zero-order valence-electron chi connectivity index (χ0n) is 16.1. The lowest BCUT2D eigenvalue weighted by Gasteiger charge is -2.23. The van der Waals surface area contributed by atoms with Gasteiger partial charge in [-0.15, -0.1) is 0 Å². The fourth-order valence-corrected chi connectivity index (χ4v) is 3.09. The van der Waals surface area contributed by atoms with Crippen LogP contribution in [-0.4, -0.2) is 21.3 Å². The molecule has 3 aromatic rings. The Morgan fingerprint density at radius 2 is 1.96 bits per heavy atom. The van der Waals surface area contributed by atoms with Crippen molar-refractivity contribution in [3.63, 3.8) is 0 Å². The van der Waals surface area contributed by atoms with Crippen molar-refractivity contribution in [3.8, 4) is 11.3 Å². The van der Waals surface area contributed by atoms with Crippen molar-refractivity contribution in [1.82, 2.24) is 14.7 Å². The van der Waals surface area contributed by atoms with E-state index in [1.807, 2.05) is 50.2 Å². The lowest BCUT2D eigenvalue weighted by molar-refractivity contribution is 0.383. The average molecular weight is 383 g/mol. The molecule has 0 amide bonds. The Hall–Kier alpha value is -3.29. The summed E-state index contributed by atoms with van der Waals surface area (Å²) < 4.78 is 6.87. The molecule has 3 N–H and O–H groups in total. The molecule has 148 valence electrons. The van der Waals surface area contributed by atoms with E-state index in [2.05, 4.69) is 10.1 Å². The number of rotatable bonds is 8. The fraction of sp³-hybridized carbons (Fsp3) is 0.350. The molecule has 2 aromatic heterocycles. The minimum Gasteiger partial charge on any atom is -0.383 e. The Morgan fingerprint density at radius 1 is 1.21 bits per heavy atom. The van der Waals surface area contributed by atoms with Crippen molar-refractivity contribution in [2.24, 2.45) is 0 Å². The number of nitrogens with one attached hydrogen (secondary N) is 1. The Balaban J connectivity index is 1.91. The van der Waals surface area contributed by atoms with Crippen molar-refractivity contribution in [3.05, 3.63) is 63.0 Å². The van der Waals surface area contributed by atoms with Gasteiger partial charge >= 0.3 is 5.69 Å². The number of aromatic nitrogens is 3. The van der Waals surface area contributed by atoms with Crippen LogP contribution < -0.4 is 21.9 Å². The smallest absolute Gasteiger partial charge is 0.330 e. The van der Waals surface area contributed by atoms with E-state index < -0.39 is 11.2 Å². The lowest BCUT2D eigenvalue weighted by atomic mass is 10.1. The molecule has 2 heterocycles. The highest BCUT2D eigenvalue weighted by molar-refractivity contribution is 5.63. The molecule has 3 rings (SSSR count). The third kappa shape index (κ3) is 4.00. The number of hydrogen-bond donors (Lipinski definition) is 2. The van der Waals surface area contributed by atoms with E-state index in [4.69, 9.17) is 10.3 Å². The molecule has 8 heteroatoms. The van der Waals surface area contributed by atoms with Gasteiger partial charge < -0.3 is 15.2 Å². The highest BCUT2D eigenvalue weighted by atomic mass is 16.5. The Morgan fingerprint density at radius 3 is 2.64 bits per heavy atom. The maximum absolute atomic E-state index is 12.5. The molecular formula is C20H25N5O3. The van der Waals surface area contributed by atoms with Gasteiger partial charge in [-0.05, 0) is 13.3 Å². The molecule has 8 nitrogen and oxygen atoms in total. The van der Waals surface area contributed by atoms with E-state index in [0.29, 0.717) is 25.4 Å². The van der Waals surface area contributed by atoms with E-state index in [0.717, 1.165) is 24.1 Å². The normalized spacial score (nSPS) is 10.9. The standard InChI is InChI=1S/C20H25N5O3/c1-3-5-11-25-18(21)17(19(26)22-20(25)27)24(4-2)13-15-12-16(23-28-15)14-9-7-6-8-10-14/h6-10,12H,3-5,11,13,21H2,1-2H3,(H,22,26,27). The molecule has 0 aliphatic rings. The number of nitrogen functional groups attached to an aromatic ring is 1. The molecule has 0 aliphatic heterocycles. The van der Waals surface area contributed by atoms with Crippen LogP contribution in [-0.2, 0) is 13.1 Å². The molecule has 0 saturated carbocycles. The molecule has 0 radical (unpaired) electrons. The first kappa shape index (κ1) is 19.5. The van der Waals surface area contributed by atoms with Gasteiger partial charge in [0.05, 0.1) is 6.54 Å². The van der Waals surface area contributed by atoms with Crippen molar-refractivity contribution < 1.29 is 4.52 Å². The highest BCUT2D eigenvalue weighted by Crippen LogP contribution is 2.23. The largest absolute Gasteiger partial charge is 0.383 e. The van der Waals surface area contributed by atoms with Crippen molar-refractivity contribution in [2.75, 3.05) is 17.2 Å². The van der Waals surface area contributed by atoms with E-state index >= 15 is 0 Å². The van der Waals surface area contributed by atoms with Gasteiger partial charge in [0, 0.05) is 24.7 Å². The molecule has 0 saturated heterocycles. The third-order valence-electron chi connectivity index (χ3n) is 4.62. The number of nitrogens with two attached hydrogens (primary N) is 1. The summed E-state index contributed by atoms with van der Waals surface area (Å²) in [5, 5.41) is 4.11. The third-order valence-corrected chi connectivity index (χ3v) is 4.62. The van der Waals surface area contributed by atoms with Gasteiger partial charge in [-0.1, -0.05) is 48.8 Å². The fourth-order valence-electron chi connectivity index (χ4n) is 3.09. The first-order valence-corrected chi connectivity index (χ1v) is 9.43. The Kier molecular flexibility index (Phi) is 5.98. The van der Waals surface area contributed by atoms with Gasteiger partial charge in [0.15, 0.2) is 5.76 Å². The second kappa shape index (κ2) is 8.60. The van der Waals surface area contributed by atoms with Crippen LogP contribution in [0.15, 0.2) is 50.5 Å². The number of aromatic amines is 1. The average Bonchev–Trinajstić information content (AvgIpc) is 3.16. The van der Waals surface area contributed by atoms with Gasteiger partial charge in [0.25, 0.3) is 5.56 Å². The van der Waals surface area contributed by atoms with Crippen LogP contribution in [0.5, 0.6) is 0 Å². The number of unbranched alkanes of at least 4 members (excludes halogenated alkanes) is 1. The summed E-state index contributed by atoms with van der Waals surface area (Å²) in [4.78, 5) is 28.8. The molecule has 0 fully saturated rings. The zero-order chi connectivity index (χ0) is 20.1. The molecule has 0 unspecified atom stereocenters. The summed E-state index contributed by atoms with van der Waals surface area (Å²) in [5.41, 5.74) is 7.17. The van der Waals surface area contributed by atoms with Crippen LogP contribution in [0.3, 0.4) is 0 Å². The molecule has 1 aromatic carbocycles. The minimum atomic E-state index is -0.500. The van der Waals surface area contributed by atoms with Gasteiger partial charge in [-0.3, -0.25) is 14.3 Å².